The van der Waals surface area contributed by atoms with Gasteiger partial charge in [-0.25, -0.2) is 15.5 Å². The molecular formula is C22H20ClF3N10O2. The molecule has 0 bridgehead atoms. The maximum atomic E-state index is 13.5. The number of alkyl halides is 3. The lowest BCUT2D eigenvalue weighted by Gasteiger charge is -2.25. The van der Waals surface area contributed by atoms with Crippen LogP contribution in [0.25, 0.3) is 0 Å². The van der Waals surface area contributed by atoms with E-state index in [1.165, 1.54) is 36.5 Å². The first kappa shape index (κ1) is 26.8. The molecule has 2 atom stereocenters. The number of hydrogen-bond acceptors (Lipinski definition) is 10. The van der Waals surface area contributed by atoms with Crippen LogP contribution in [0.1, 0.15) is 21.5 Å². The molecule has 2 aliphatic heterocycles. The molecule has 2 aliphatic rings. The number of carbonyl (C=O) groups is 2. The van der Waals surface area contributed by atoms with Crippen molar-refractivity contribution in [3.05, 3.63) is 63.9 Å². The number of halogens is 4. The first-order valence-corrected chi connectivity index (χ1v) is 11.4. The number of nitriles is 1. The van der Waals surface area contributed by atoms with E-state index in [9.17, 15) is 28.0 Å². The van der Waals surface area contributed by atoms with E-state index in [2.05, 4.69) is 36.8 Å². The quantitative estimate of drug-likeness (QED) is 0.430. The molecule has 0 fully saturated rings. The molecule has 198 valence electrons. The van der Waals surface area contributed by atoms with Gasteiger partial charge < -0.3 is 10.6 Å². The molecular weight excluding hydrogens is 529 g/mol. The molecule has 1 aromatic heterocycles. The average molecular weight is 549 g/mol. The lowest BCUT2D eigenvalue weighted by atomic mass is 10.0. The summed E-state index contributed by atoms with van der Waals surface area (Å²) in [5.41, 5.74) is 6.04. The Bertz CT molecular complexity index is 1370. The molecule has 4 rings (SSSR count). The van der Waals surface area contributed by atoms with Gasteiger partial charge in [-0.1, -0.05) is 16.8 Å². The number of pyridine rings is 1. The van der Waals surface area contributed by atoms with Crippen molar-refractivity contribution in [1.29, 1.82) is 5.26 Å². The molecule has 38 heavy (non-hydrogen) atoms. The Balaban J connectivity index is 1.64. The zero-order chi connectivity index (χ0) is 27.6. The first-order chi connectivity index (χ1) is 18.0. The zero-order valence-corrected chi connectivity index (χ0v) is 20.6. The van der Waals surface area contributed by atoms with Crippen molar-refractivity contribution in [1.82, 2.24) is 26.3 Å². The third-order valence-electron chi connectivity index (χ3n) is 5.48. The van der Waals surface area contributed by atoms with Crippen molar-refractivity contribution >= 4 is 34.9 Å². The van der Waals surface area contributed by atoms with Crippen molar-refractivity contribution in [3.63, 3.8) is 0 Å². The van der Waals surface area contributed by atoms with Gasteiger partial charge in [-0.15, -0.1) is 5.11 Å². The Labute approximate surface area is 219 Å². The summed E-state index contributed by atoms with van der Waals surface area (Å²) in [5, 5.41) is 23.5. The SMILES string of the molecule is CNC(=O)c1cc(C#N)cc(C)c1NC(=O)C1=CC(CN2N=NC(C(F)(F)F)N2)NN1c1ncccc1Cl. The van der Waals surface area contributed by atoms with Crippen LogP contribution >= 0.6 is 11.6 Å². The summed E-state index contributed by atoms with van der Waals surface area (Å²) >= 11 is 6.30. The summed E-state index contributed by atoms with van der Waals surface area (Å²) in [6.45, 7) is 1.48. The van der Waals surface area contributed by atoms with E-state index in [-0.39, 0.29) is 39.9 Å². The van der Waals surface area contributed by atoms with Crippen LogP contribution in [0.3, 0.4) is 0 Å². The van der Waals surface area contributed by atoms with Gasteiger partial charge in [-0.3, -0.25) is 14.6 Å². The van der Waals surface area contributed by atoms with Crippen LogP contribution in [0.5, 0.6) is 0 Å². The fourth-order valence-electron chi connectivity index (χ4n) is 3.76. The highest BCUT2D eigenvalue weighted by atomic mass is 35.5. The van der Waals surface area contributed by atoms with Gasteiger partial charge >= 0.3 is 6.18 Å². The van der Waals surface area contributed by atoms with E-state index >= 15 is 0 Å². The monoisotopic (exact) mass is 548 g/mol. The number of nitrogens with zero attached hydrogens (tertiary/aromatic N) is 6. The smallest absolute Gasteiger partial charge is 0.355 e. The van der Waals surface area contributed by atoms with E-state index < -0.39 is 30.2 Å². The molecule has 4 N–H and O–H groups in total. The van der Waals surface area contributed by atoms with Crippen molar-refractivity contribution in [2.45, 2.75) is 25.3 Å². The Morgan fingerprint density at radius 1 is 1.26 bits per heavy atom. The molecule has 1 aromatic carbocycles. The van der Waals surface area contributed by atoms with Crippen LogP contribution in [-0.2, 0) is 4.79 Å². The molecule has 12 nitrogen and oxygen atoms in total. The Kier molecular flexibility index (Phi) is 7.49. The summed E-state index contributed by atoms with van der Waals surface area (Å²) in [6.07, 6.45) is -3.90. The predicted octanol–water partition coefficient (Wildman–Crippen LogP) is 2.57. The van der Waals surface area contributed by atoms with E-state index in [4.69, 9.17) is 11.6 Å². The molecule has 0 saturated heterocycles. The number of aromatic nitrogens is 1. The minimum Gasteiger partial charge on any atom is -0.355 e. The summed E-state index contributed by atoms with van der Waals surface area (Å²) in [7, 11) is 1.41. The molecule has 0 spiro atoms. The number of nitrogens with one attached hydrogen (secondary N) is 4. The van der Waals surface area contributed by atoms with Gasteiger partial charge in [0.05, 0.1) is 40.5 Å². The van der Waals surface area contributed by atoms with E-state index in [1.54, 1.807) is 19.1 Å². The van der Waals surface area contributed by atoms with E-state index in [0.717, 1.165) is 5.12 Å². The van der Waals surface area contributed by atoms with Gasteiger partial charge in [0, 0.05) is 13.2 Å². The number of aryl methyl sites for hydroxylation is 1. The van der Waals surface area contributed by atoms with Crippen LogP contribution in [0.15, 0.2) is 52.6 Å². The van der Waals surface area contributed by atoms with Crippen LogP contribution in [0.2, 0.25) is 5.02 Å². The lowest BCUT2D eigenvalue weighted by Crippen LogP contribution is -2.49. The van der Waals surface area contributed by atoms with Crippen LogP contribution < -0.4 is 26.5 Å². The minimum absolute atomic E-state index is 0.00530. The van der Waals surface area contributed by atoms with Gasteiger partial charge in [-0.05, 0) is 42.8 Å². The second kappa shape index (κ2) is 10.6. The average Bonchev–Trinajstić information content (AvgIpc) is 3.52. The van der Waals surface area contributed by atoms with E-state index in [0.29, 0.717) is 5.56 Å². The number of amides is 2. The van der Waals surface area contributed by atoms with Crippen molar-refractivity contribution in [2.24, 2.45) is 10.3 Å². The normalized spacial score (nSPS) is 18.8. The fraction of sp³-hybridized carbons (Fsp3) is 0.273. The Morgan fingerprint density at radius 2 is 2.03 bits per heavy atom. The predicted molar refractivity (Wildman–Crippen MR) is 129 cm³/mol. The van der Waals surface area contributed by atoms with Gasteiger partial charge in [-0.2, -0.15) is 23.9 Å². The number of hydrogen-bond donors (Lipinski definition) is 4. The fourth-order valence-corrected chi connectivity index (χ4v) is 3.96. The largest absolute Gasteiger partial charge is 0.427 e. The summed E-state index contributed by atoms with van der Waals surface area (Å²) in [6, 6.07) is 7.24. The van der Waals surface area contributed by atoms with Gasteiger partial charge in [0.2, 0.25) is 6.17 Å². The second-order valence-corrected chi connectivity index (χ2v) is 8.56. The Hall–Kier alpha value is -4.26. The molecule has 0 saturated carbocycles. The number of anilines is 2. The molecule has 0 radical (unpaired) electrons. The molecule has 16 heteroatoms. The summed E-state index contributed by atoms with van der Waals surface area (Å²) < 4.78 is 38.8. The Morgan fingerprint density at radius 3 is 2.66 bits per heavy atom. The highest BCUT2D eigenvalue weighted by Gasteiger charge is 2.44. The van der Waals surface area contributed by atoms with E-state index in [1.807, 2.05) is 6.07 Å². The maximum Gasteiger partial charge on any atom is 0.427 e. The van der Waals surface area contributed by atoms with Gasteiger partial charge in [0.25, 0.3) is 11.8 Å². The van der Waals surface area contributed by atoms with Crippen molar-refractivity contribution in [2.75, 3.05) is 23.9 Å². The minimum atomic E-state index is -4.63. The third kappa shape index (κ3) is 5.52. The maximum absolute atomic E-state index is 13.5. The molecule has 0 aliphatic carbocycles. The molecule has 3 heterocycles. The molecule has 2 aromatic rings. The topological polar surface area (TPSA) is 150 Å². The van der Waals surface area contributed by atoms with Crippen LogP contribution in [-0.4, -0.2) is 53.9 Å². The van der Waals surface area contributed by atoms with Crippen molar-refractivity contribution in [3.8, 4) is 6.07 Å². The standard InChI is InChI=1S/C22H20ClF3N10O2/c1-11-6-12(9-27)7-14(19(37)28-2)17(11)30-20(38)16-8-13(10-35-33-21(31-34-35)22(24,25)26)32-36(16)18-15(23)4-3-5-29-18/h3-8,13,21,32-33H,10H2,1-2H3,(H,28,37)(H,30,38). The van der Waals surface area contributed by atoms with Crippen molar-refractivity contribution < 1.29 is 22.8 Å². The van der Waals surface area contributed by atoms with Gasteiger partial charge in [0.1, 0.15) is 5.70 Å². The highest BCUT2D eigenvalue weighted by molar-refractivity contribution is 6.33. The van der Waals surface area contributed by atoms with Gasteiger partial charge in [0.15, 0.2) is 5.82 Å². The first-order valence-electron chi connectivity index (χ1n) is 11.0. The second-order valence-electron chi connectivity index (χ2n) is 8.15. The third-order valence-corrected chi connectivity index (χ3v) is 5.77. The zero-order valence-electron chi connectivity index (χ0n) is 19.8. The lowest BCUT2D eigenvalue weighted by molar-refractivity contribution is -0.158. The number of hydrazine groups is 2. The summed E-state index contributed by atoms with van der Waals surface area (Å²) in [5.74, 6) is -1.04. The number of benzene rings is 1. The number of carbonyl (C=O) groups excluding carboxylic acids is 2. The summed E-state index contributed by atoms with van der Waals surface area (Å²) in [4.78, 5) is 30.2. The van der Waals surface area contributed by atoms with Crippen LogP contribution in [0, 0.1) is 18.3 Å². The molecule has 2 amide bonds. The highest BCUT2D eigenvalue weighted by Crippen LogP contribution is 2.30. The molecule has 2 unspecified atom stereocenters. The number of rotatable bonds is 6. The van der Waals surface area contributed by atoms with Crippen LogP contribution in [0.4, 0.5) is 24.7 Å².